The maximum Gasteiger partial charge on any atom is 0.416 e. The Kier molecular flexibility index (Phi) is 5.71. The van der Waals surface area contributed by atoms with Gasteiger partial charge >= 0.3 is 12.1 Å². The lowest BCUT2D eigenvalue weighted by atomic mass is 9.97. The molecule has 1 unspecified atom stereocenters. The summed E-state index contributed by atoms with van der Waals surface area (Å²) in [6.07, 6.45) is -2.28. The molecule has 1 fully saturated rings. The van der Waals surface area contributed by atoms with Crippen LogP contribution in [0.2, 0.25) is 0 Å². The number of rotatable bonds is 5. The van der Waals surface area contributed by atoms with Crippen molar-refractivity contribution in [2.24, 2.45) is 5.92 Å². The fourth-order valence-corrected chi connectivity index (χ4v) is 2.68. The number of halogens is 3. The number of ether oxygens (including phenoxy) is 1. The summed E-state index contributed by atoms with van der Waals surface area (Å²) < 4.78 is 44.2. The summed E-state index contributed by atoms with van der Waals surface area (Å²) in [5, 5.41) is 9.11. The number of carboxylic acid groups (broad SMARTS) is 1. The maximum absolute atomic E-state index is 13.0. The standard InChI is InChI=1S/C17H18F3NO4/c1-2-8-25-14-6-5-12(17(18,19)20)9-13(14)15(22)21-7-3-4-11(10-21)16(23)24/h2,5-6,9,11H,1,3-4,7-8,10H2,(H,23,24). The largest absolute Gasteiger partial charge is 0.489 e. The Morgan fingerprint density at radius 3 is 2.72 bits per heavy atom. The van der Waals surface area contributed by atoms with Crippen LogP contribution in [-0.2, 0) is 11.0 Å². The molecule has 25 heavy (non-hydrogen) atoms. The molecule has 2 rings (SSSR count). The SMILES string of the molecule is C=CCOc1ccc(C(F)(F)F)cc1C(=O)N1CCCC(C(=O)O)C1. The van der Waals surface area contributed by atoms with Crippen LogP contribution in [0.15, 0.2) is 30.9 Å². The summed E-state index contributed by atoms with van der Waals surface area (Å²) in [5.74, 6) is -2.41. The average molecular weight is 357 g/mol. The molecule has 0 saturated carbocycles. The first-order valence-corrected chi connectivity index (χ1v) is 7.71. The molecule has 1 aliphatic heterocycles. The first-order valence-electron chi connectivity index (χ1n) is 7.71. The number of piperidine rings is 1. The van der Waals surface area contributed by atoms with Crippen molar-refractivity contribution in [3.63, 3.8) is 0 Å². The minimum absolute atomic E-state index is 0.00958. The summed E-state index contributed by atoms with van der Waals surface area (Å²) in [6, 6.07) is 2.68. The van der Waals surface area contributed by atoms with E-state index in [1.807, 2.05) is 0 Å². The number of hydrogen-bond donors (Lipinski definition) is 1. The van der Waals surface area contributed by atoms with E-state index in [4.69, 9.17) is 9.84 Å². The molecule has 1 aromatic rings. The molecule has 5 nitrogen and oxygen atoms in total. The Hall–Kier alpha value is -2.51. The van der Waals surface area contributed by atoms with E-state index in [9.17, 15) is 22.8 Å². The van der Waals surface area contributed by atoms with Crippen molar-refractivity contribution in [1.29, 1.82) is 0 Å². The summed E-state index contributed by atoms with van der Waals surface area (Å²) in [5.41, 5.74) is -1.20. The zero-order valence-electron chi connectivity index (χ0n) is 13.4. The number of carbonyl (C=O) groups is 2. The smallest absolute Gasteiger partial charge is 0.416 e. The molecule has 8 heteroatoms. The molecule has 1 saturated heterocycles. The molecular weight excluding hydrogens is 339 g/mol. The van der Waals surface area contributed by atoms with Crippen molar-refractivity contribution >= 4 is 11.9 Å². The van der Waals surface area contributed by atoms with E-state index in [1.165, 1.54) is 11.0 Å². The van der Waals surface area contributed by atoms with Crippen molar-refractivity contribution in [2.75, 3.05) is 19.7 Å². The predicted molar refractivity (Wildman–Crippen MR) is 83.4 cm³/mol. The summed E-state index contributed by atoms with van der Waals surface area (Å²) in [6.45, 7) is 3.75. The summed E-state index contributed by atoms with van der Waals surface area (Å²) >= 11 is 0. The molecule has 0 bridgehead atoms. The third-order valence-corrected chi connectivity index (χ3v) is 3.95. The fourth-order valence-electron chi connectivity index (χ4n) is 2.68. The Balaban J connectivity index is 2.34. The Bertz CT molecular complexity index is 672. The third kappa shape index (κ3) is 4.52. The van der Waals surface area contributed by atoms with Crippen LogP contribution >= 0.6 is 0 Å². The molecule has 0 spiro atoms. The van der Waals surface area contributed by atoms with Crippen LogP contribution in [0.1, 0.15) is 28.8 Å². The summed E-state index contributed by atoms with van der Waals surface area (Å²) in [7, 11) is 0. The van der Waals surface area contributed by atoms with Crippen LogP contribution in [0.4, 0.5) is 13.2 Å². The molecule has 1 amide bonds. The molecule has 1 atom stereocenters. The van der Waals surface area contributed by atoms with Crippen molar-refractivity contribution < 1.29 is 32.6 Å². The van der Waals surface area contributed by atoms with Crippen LogP contribution < -0.4 is 4.74 Å². The van der Waals surface area contributed by atoms with Gasteiger partial charge in [0.2, 0.25) is 0 Å². The Morgan fingerprint density at radius 1 is 1.40 bits per heavy atom. The fraction of sp³-hybridized carbons (Fsp3) is 0.412. The van der Waals surface area contributed by atoms with Gasteiger partial charge in [0, 0.05) is 13.1 Å². The Labute approximate surface area is 142 Å². The van der Waals surface area contributed by atoms with Crippen LogP contribution in [-0.4, -0.2) is 41.6 Å². The van der Waals surface area contributed by atoms with Gasteiger partial charge < -0.3 is 14.7 Å². The van der Waals surface area contributed by atoms with Crippen LogP contribution in [0.25, 0.3) is 0 Å². The first-order chi connectivity index (χ1) is 11.7. The molecule has 136 valence electrons. The molecule has 0 aromatic heterocycles. The van der Waals surface area contributed by atoms with E-state index in [1.54, 1.807) is 0 Å². The molecule has 1 N–H and O–H groups in total. The van der Waals surface area contributed by atoms with E-state index in [-0.39, 0.29) is 24.5 Å². The van der Waals surface area contributed by atoms with Crippen molar-refractivity contribution in [3.05, 3.63) is 42.0 Å². The number of amides is 1. The number of alkyl halides is 3. The van der Waals surface area contributed by atoms with Gasteiger partial charge in [-0.15, -0.1) is 0 Å². The highest BCUT2D eigenvalue weighted by molar-refractivity contribution is 5.97. The monoisotopic (exact) mass is 357 g/mol. The first kappa shape index (κ1) is 18.8. The van der Waals surface area contributed by atoms with Crippen molar-refractivity contribution in [3.8, 4) is 5.75 Å². The lowest BCUT2D eigenvalue weighted by molar-refractivity contribution is -0.143. The second kappa shape index (κ2) is 7.58. The molecule has 1 heterocycles. The van der Waals surface area contributed by atoms with Gasteiger partial charge in [-0.3, -0.25) is 9.59 Å². The second-order valence-electron chi connectivity index (χ2n) is 5.74. The Morgan fingerprint density at radius 2 is 2.12 bits per heavy atom. The van der Waals surface area contributed by atoms with E-state index >= 15 is 0 Å². The molecular formula is C17H18F3NO4. The van der Waals surface area contributed by atoms with Crippen molar-refractivity contribution in [1.82, 2.24) is 4.90 Å². The predicted octanol–water partition coefficient (Wildman–Crippen LogP) is 3.21. The number of hydrogen-bond acceptors (Lipinski definition) is 3. The van der Waals surface area contributed by atoms with Gasteiger partial charge in [0.05, 0.1) is 17.0 Å². The highest BCUT2D eigenvalue weighted by Crippen LogP contribution is 2.33. The zero-order chi connectivity index (χ0) is 18.6. The van der Waals surface area contributed by atoms with Gasteiger partial charge in [0.15, 0.2) is 0 Å². The van der Waals surface area contributed by atoms with Gasteiger partial charge in [-0.2, -0.15) is 13.2 Å². The number of likely N-dealkylation sites (tertiary alicyclic amines) is 1. The minimum Gasteiger partial charge on any atom is -0.489 e. The summed E-state index contributed by atoms with van der Waals surface area (Å²) in [4.78, 5) is 25.1. The van der Waals surface area contributed by atoms with E-state index in [0.717, 1.165) is 18.2 Å². The maximum atomic E-state index is 13.0. The number of aliphatic carboxylic acids is 1. The van der Waals surface area contributed by atoms with E-state index in [0.29, 0.717) is 19.4 Å². The van der Waals surface area contributed by atoms with E-state index < -0.39 is 29.5 Å². The lowest BCUT2D eigenvalue weighted by Crippen LogP contribution is -2.42. The number of nitrogens with zero attached hydrogens (tertiary/aromatic N) is 1. The molecule has 0 radical (unpaired) electrons. The van der Waals surface area contributed by atoms with Crippen LogP contribution in [0.5, 0.6) is 5.75 Å². The van der Waals surface area contributed by atoms with Gasteiger partial charge in [-0.05, 0) is 31.0 Å². The van der Waals surface area contributed by atoms with Crippen LogP contribution in [0, 0.1) is 5.92 Å². The molecule has 0 aliphatic carbocycles. The zero-order valence-corrected chi connectivity index (χ0v) is 13.4. The van der Waals surface area contributed by atoms with Gasteiger partial charge in [0.1, 0.15) is 12.4 Å². The second-order valence-corrected chi connectivity index (χ2v) is 5.74. The van der Waals surface area contributed by atoms with Crippen molar-refractivity contribution in [2.45, 2.75) is 19.0 Å². The number of carbonyl (C=O) groups excluding carboxylic acids is 1. The molecule has 1 aromatic carbocycles. The van der Waals surface area contributed by atoms with Gasteiger partial charge in [-0.25, -0.2) is 0 Å². The topological polar surface area (TPSA) is 66.8 Å². The lowest BCUT2D eigenvalue weighted by Gasteiger charge is -2.31. The molecule has 1 aliphatic rings. The van der Waals surface area contributed by atoms with E-state index in [2.05, 4.69) is 6.58 Å². The van der Waals surface area contributed by atoms with Gasteiger partial charge in [-0.1, -0.05) is 12.7 Å². The third-order valence-electron chi connectivity index (χ3n) is 3.95. The normalized spacial score (nSPS) is 17.9. The van der Waals surface area contributed by atoms with Gasteiger partial charge in [0.25, 0.3) is 5.91 Å². The average Bonchev–Trinajstić information content (AvgIpc) is 2.58. The van der Waals surface area contributed by atoms with Crippen LogP contribution in [0.3, 0.4) is 0 Å². The highest BCUT2D eigenvalue weighted by atomic mass is 19.4. The number of carboxylic acids is 1. The quantitative estimate of drug-likeness (QED) is 0.822. The number of benzene rings is 1. The highest BCUT2D eigenvalue weighted by Gasteiger charge is 2.34. The minimum atomic E-state index is -4.60.